The first-order chi connectivity index (χ1) is 8.65. The maximum absolute atomic E-state index is 12.2. The lowest BCUT2D eigenvalue weighted by Gasteiger charge is -2.08. The molecule has 0 saturated carbocycles. The van der Waals surface area contributed by atoms with Crippen molar-refractivity contribution in [2.75, 3.05) is 14.2 Å². The summed E-state index contributed by atoms with van der Waals surface area (Å²) in [5.74, 6) is 1.10. The Labute approximate surface area is 113 Å². The molecule has 0 radical (unpaired) electrons. The normalized spacial score (nSPS) is 10.2. The largest absolute Gasteiger partial charge is 0.497 e. The lowest BCUT2D eigenvalue weighted by atomic mass is 10.1. The van der Waals surface area contributed by atoms with E-state index in [9.17, 15) is 4.79 Å². The van der Waals surface area contributed by atoms with Crippen LogP contribution in [0.3, 0.4) is 0 Å². The lowest BCUT2D eigenvalue weighted by molar-refractivity contribution is 0.100. The molecule has 0 bridgehead atoms. The van der Waals surface area contributed by atoms with E-state index >= 15 is 0 Å². The Hall–Kier alpha value is -1.75. The van der Waals surface area contributed by atoms with Crippen molar-refractivity contribution >= 4 is 21.7 Å². The van der Waals surface area contributed by atoms with Gasteiger partial charge < -0.3 is 13.9 Å². The van der Waals surface area contributed by atoms with Gasteiger partial charge in [-0.15, -0.1) is 0 Å². The summed E-state index contributed by atoms with van der Waals surface area (Å²) in [6, 6.07) is 8.29. The van der Waals surface area contributed by atoms with E-state index in [-0.39, 0.29) is 11.5 Å². The van der Waals surface area contributed by atoms with Gasteiger partial charge in [-0.1, -0.05) is 0 Å². The smallest absolute Gasteiger partial charge is 0.231 e. The Balaban J connectivity index is 2.41. The van der Waals surface area contributed by atoms with Crippen molar-refractivity contribution < 1.29 is 18.7 Å². The number of methoxy groups -OCH3 is 2. The molecule has 1 aromatic carbocycles. The molecule has 1 aromatic heterocycles. The first-order valence-electron chi connectivity index (χ1n) is 5.17. The van der Waals surface area contributed by atoms with Crippen molar-refractivity contribution in [2.45, 2.75) is 0 Å². The number of ether oxygens (including phenoxy) is 2. The fraction of sp³-hybridized carbons (Fsp3) is 0.154. The van der Waals surface area contributed by atoms with Crippen LogP contribution < -0.4 is 9.47 Å². The third kappa shape index (κ3) is 2.41. The van der Waals surface area contributed by atoms with Crippen molar-refractivity contribution in [1.29, 1.82) is 0 Å². The zero-order chi connectivity index (χ0) is 13.1. The summed E-state index contributed by atoms with van der Waals surface area (Å²) in [5, 5.41) is 0. The van der Waals surface area contributed by atoms with Crippen LogP contribution in [0.1, 0.15) is 16.1 Å². The third-order valence-electron chi connectivity index (χ3n) is 2.45. The number of ketones is 1. The van der Waals surface area contributed by atoms with Crippen LogP contribution >= 0.6 is 15.9 Å². The molecule has 5 heteroatoms. The van der Waals surface area contributed by atoms with Crippen LogP contribution in [0.25, 0.3) is 0 Å². The van der Waals surface area contributed by atoms with Gasteiger partial charge in [0.15, 0.2) is 10.4 Å². The number of halogens is 1. The molecule has 0 spiro atoms. The molecule has 2 rings (SSSR count). The molecule has 0 unspecified atom stereocenters. The molecule has 4 nitrogen and oxygen atoms in total. The Morgan fingerprint density at radius 1 is 1.17 bits per heavy atom. The van der Waals surface area contributed by atoms with Gasteiger partial charge in [-0.05, 0) is 40.2 Å². The van der Waals surface area contributed by atoms with Crippen LogP contribution in [0.4, 0.5) is 0 Å². The minimum absolute atomic E-state index is 0.236. The average Bonchev–Trinajstić information content (AvgIpc) is 2.83. The second-order valence-electron chi connectivity index (χ2n) is 3.50. The molecule has 0 fully saturated rings. The highest BCUT2D eigenvalue weighted by Gasteiger charge is 2.18. The topological polar surface area (TPSA) is 48.7 Å². The minimum atomic E-state index is -0.236. The molecule has 0 aliphatic heterocycles. The second-order valence-corrected chi connectivity index (χ2v) is 4.28. The fourth-order valence-electron chi connectivity index (χ4n) is 1.56. The van der Waals surface area contributed by atoms with Gasteiger partial charge in [-0.2, -0.15) is 0 Å². The molecule has 0 aliphatic rings. The molecule has 18 heavy (non-hydrogen) atoms. The second kappa shape index (κ2) is 5.27. The van der Waals surface area contributed by atoms with Gasteiger partial charge in [0, 0.05) is 6.07 Å². The van der Waals surface area contributed by atoms with Gasteiger partial charge in [0.05, 0.1) is 19.8 Å². The van der Waals surface area contributed by atoms with E-state index in [1.165, 1.54) is 7.11 Å². The zero-order valence-corrected chi connectivity index (χ0v) is 11.5. The van der Waals surface area contributed by atoms with Gasteiger partial charge >= 0.3 is 0 Å². The maximum Gasteiger partial charge on any atom is 0.231 e. The fourth-order valence-corrected chi connectivity index (χ4v) is 1.86. The number of furan rings is 1. The van der Waals surface area contributed by atoms with Crippen LogP contribution in [-0.4, -0.2) is 20.0 Å². The summed E-state index contributed by atoms with van der Waals surface area (Å²) in [5.41, 5.74) is 0.431. The molecule has 0 amide bonds. The van der Waals surface area contributed by atoms with Gasteiger partial charge in [0.1, 0.15) is 11.5 Å². The monoisotopic (exact) mass is 310 g/mol. The Morgan fingerprint density at radius 3 is 2.50 bits per heavy atom. The number of carbonyl (C=O) groups is 1. The average molecular weight is 311 g/mol. The standard InChI is InChI=1S/C13H11BrO4/c1-16-8-3-4-9(11(7-8)17-2)13(15)10-5-6-12(14)18-10/h3-7H,1-2H3. The van der Waals surface area contributed by atoms with Crippen molar-refractivity contribution in [2.24, 2.45) is 0 Å². The number of benzene rings is 1. The molecular formula is C13H11BrO4. The quantitative estimate of drug-likeness (QED) is 0.813. The summed E-state index contributed by atoms with van der Waals surface area (Å²) < 4.78 is 16.0. The zero-order valence-electron chi connectivity index (χ0n) is 9.90. The summed E-state index contributed by atoms with van der Waals surface area (Å²) >= 11 is 3.16. The molecule has 0 atom stereocenters. The highest BCUT2D eigenvalue weighted by atomic mass is 79.9. The minimum Gasteiger partial charge on any atom is -0.497 e. The highest BCUT2D eigenvalue weighted by Crippen LogP contribution is 2.27. The first-order valence-corrected chi connectivity index (χ1v) is 5.97. The van der Waals surface area contributed by atoms with Crippen molar-refractivity contribution in [1.82, 2.24) is 0 Å². The van der Waals surface area contributed by atoms with Crippen LogP contribution in [0, 0.1) is 0 Å². The van der Waals surface area contributed by atoms with Gasteiger partial charge in [0.25, 0.3) is 0 Å². The molecule has 1 heterocycles. The molecular weight excluding hydrogens is 300 g/mol. The SMILES string of the molecule is COc1ccc(C(=O)c2ccc(Br)o2)c(OC)c1. The Bertz CT molecular complexity index is 574. The molecule has 0 aliphatic carbocycles. The van der Waals surface area contributed by atoms with E-state index in [2.05, 4.69) is 15.9 Å². The van der Waals surface area contributed by atoms with Gasteiger partial charge in [-0.25, -0.2) is 0 Å². The van der Waals surface area contributed by atoms with E-state index in [1.54, 1.807) is 37.4 Å². The molecule has 94 valence electrons. The Morgan fingerprint density at radius 2 is 1.94 bits per heavy atom. The van der Waals surface area contributed by atoms with Crippen LogP contribution in [0.5, 0.6) is 11.5 Å². The van der Waals surface area contributed by atoms with E-state index in [1.807, 2.05) is 0 Å². The summed E-state index contributed by atoms with van der Waals surface area (Å²) in [6.45, 7) is 0. The van der Waals surface area contributed by atoms with E-state index in [0.29, 0.717) is 21.7 Å². The number of hydrogen-bond donors (Lipinski definition) is 0. The van der Waals surface area contributed by atoms with E-state index in [4.69, 9.17) is 13.9 Å². The van der Waals surface area contributed by atoms with Crippen LogP contribution in [0.2, 0.25) is 0 Å². The lowest BCUT2D eigenvalue weighted by Crippen LogP contribution is -2.03. The summed E-state index contributed by atoms with van der Waals surface area (Å²) in [7, 11) is 3.06. The van der Waals surface area contributed by atoms with E-state index < -0.39 is 0 Å². The molecule has 0 N–H and O–H groups in total. The van der Waals surface area contributed by atoms with Crippen molar-refractivity contribution in [3.8, 4) is 11.5 Å². The first kappa shape index (κ1) is 12.7. The number of hydrogen-bond acceptors (Lipinski definition) is 4. The highest BCUT2D eigenvalue weighted by molar-refractivity contribution is 9.10. The summed E-state index contributed by atoms with van der Waals surface area (Å²) in [4.78, 5) is 12.2. The predicted octanol–water partition coefficient (Wildman–Crippen LogP) is 3.29. The van der Waals surface area contributed by atoms with Crippen LogP contribution in [0.15, 0.2) is 39.4 Å². The Kier molecular flexibility index (Phi) is 3.72. The maximum atomic E-state index is 12.2. The van der Waals surface area contributed by atoms with Gasteiger partial charge in [-0.3, -0.25) is 4.79 Å². The predicted molar refractivity (Wildman–Crippen MR) is 69.4 cm³/mol. The number of carbonyl (C=O) groups excluding carboxylic acids is 1. The summed E-state index contributed by atoms with van der Waals surface area (Å²) in [6.07, 6.45) is 0. The number of rotatable bonds is 4. The molecule has 2 aromatic rings. The van der Waals surface area contributed by atoms with Crippen molar-refractivity contribution in [3.63, 3.8) is 0 Å². The van der Waals surface area contributed by atoms with Crippen LogP contribution in [-0.2, 0) is 0 Å². The van der Waals surface area contributed by atoms with E-state index in [0.717, 1.165) is 0 Å². The molecule has 0 saturated heterocycles. The van der Waals surface area contributed by atoms with Gasteiger partial charge in [0.2, 0.25) is 5.78 Å². The third-order valence-corrected chi connectivity index (χ3v) is 2.88. The van der Waals surface area contributed by atoms with Crippen molar-refractivity contribution in [3.05, 3.63) is 46.3 Å².